The molecule has 0 unspecified atom stereocenters. The van der Waals surface area contributed by atoms with Gasteiger partial charge in [0.25, 0.3) is 0 Å². The summed E-state index contributed by atoms with van der Waals surface area (Å²) in [7, 11) is 0. The summed E-state index contributed by atoms with van der Waals surface area (Å²) in [6.45, 7) is 0. The van der Waals surface area contributed by atoms with E-state index in [1.54, 1.807) is 6.20 Å². The maximum atomic E-state index is 5.82. The summed E-state index contributed by atoms with van der Waals surface area (Å²) in [6.07, 6.45) is 1.75. The molecule has 0 radical (unpaired) electrons. The van der Waals surface area contributed by atoms with Crippen molar-refractivity contribution < 1.29 is 0 Å². The smallest absolute Gasteiger partial charge is 0.129 e. The highest BCUT2D eigenvalue weighted by Crippen LogP contribution is 2.18. The van der Waals surface area contributed by atoms with E-state index in [0.29, 0.717) is 5.15 Å². The minimum absolute atomic E-state index is 0.567. The molecular weight excluding hydrogens is 238 g/mol. The molecule has 3 heteroatoms. The van der Waals surface area contributed by atoms with Crippen LogP contribution in [0.5, 0.6) is 0 Å². The standard InChI is InChI=1S/C13H12ClNS/c14-13-8-12(6-7-15-13)10-16-9-11-4-2-1-3-5-11/h1-8H,9-10H2. The molecule has 82 valence electrons. The van der Waals surface area contributed by atoms with Gasteiger partial charge in [0.1, 0.15) is 5.15 Å². The van der Waals surface area contributed by atoms with Crippen LogP contribution in [-0.2, 0) is 11.5 Å². The molecule has 0 spiro atoms. The minimum atomic E-state index is 0.567. The van der Waals surface area contributed by atoms with Gasteiger partial charge < -0.3 is 0 Å². The molecule has 1 aromatic heterocycles. The number of pyridine rings is 1. The molecule has 2 aromatic rings. The molecule has 0 atom stereocenters. The largest absolute Gasteiger partial charge is 0.245 e. The molecule has 0 saturated carbocycles. The summed E-state index contributed by atoms with van der Waals surface area (Å²) in [5.74, 6) is 2.00. The fourth-order valence-corrected chi connectivity index (χ4v) is 2.54. The Morgan fingerprint density at radius 3 is 2.50 bits per heavy atom. The van der Waals surface area contributed by atoms with Gasteiger partial charge in [-0.1, -0.05) is 41.9 Å². The Kier molecular flexibility index (Phi) is 4.25. The van der Waals surface area contributed by atoms with Crippen LogP contribution >= 0.6 is 23.4 Å². The van der Waals surface area contributed by atoms with E-state index < -0.39 is 0 Å². The van der Waals surface area contributed by atoms with E-state index in [0.717, 1.165) is 11.5 Å². The van der Waals surface area contributed by atoms with Crippen LogP contribution in [0.2, 0.25) is 5.15 Å². The van der Waals surface area contributed by atoms with Crippen molar-refractivity contribution in [2.24, 2.45) is 0 Å². The van der Waals surface area contributed by atoms with E-state index in [1.165, 1.54) is 11.1 Å². The first-order valence-electron chi connectivity index (χ1n) is 5.07. The van der Waals surface area contributed by atoms with Crippen LogP contribution in [0.3, 0.4) is 0 Å². The fraction of sp³-hybridized carbons (Fsp3) is 0.154. The second-order valence-corrected chi connectivity index (χ2v) is 4.84. The second-order valence-electron chi connectivity index (χ2n) is 3.47. The zero-order chi connectivity index (χ0) is 11.2. The van der Waals surface area contributed by atoms with Gasteiger partial charge in [0, 0.05) is 17.7 Å². The third kappa shape index (κ3) is 3.54. The molecule has 0 aliphatic rings. The Hall–Kier alpha value is -0.990. The van der Waals surface area contributed by atoms with Crippen molar-refractivity contribution in [3.63, 3.8) is 0 Å². The molecule has 0 fully saturated rings. The number of hydrogen-bond acceptors (Lipinski definition) is 2. The van der Waals surface area contributed by atoms with Gasteiger partial charge in [0.05, 0.1) is 0 Å². The molecule has 1 nitrogen and oxygen atoms in total. The van der Waals surface area contributed by atoms with Gasteiger partial charge in [-0.15, -0.1) is 0 Å². The lowest BCUT2D eigenvalue weighted by Crippen LogP contribution is -1.84. The number of halogens is 1. The Labute approximate surface area is 105 Å². The van der Waals surface area contributed by atoms with Crippen LogP contribution in [0.15, 0.2) is 48.7 Å². The molecule has 0 aliphatic heterocycles. The van der Waals surface area contributed by atoms with E-state index in [-0.39, 0.29) is 0 Å². The Bertz CT molecular complexity index is 445. The van der Waals surface area contributed by atoms with Crippen molar-refractivity contribution in [1.29, 1.82) is 0 Å². The summed E-state index contributed by atoms with van der Waals surface area (Å²) in [6, 6.07) is 14.4. The first-order chi connectivity index (χ1) is 7.84. The molecule has 1 aromatic carbocycles. The summed E-state index contributed by atoms with van der Waals surface area (Å²) in [4.78, 5) is 3.96. The van der Waals surface area contributed by atoms with Gasteiger partial charge in [0.2, 0.25) is 0 Å². The molecule has 0 amide bonds. The quantitative estimate of drug-likeness (QED) is 0.755. The van der Waals surface area contributed by atoms with Crippen LogP contribution in [0.4, 0.5) is 0 Å². The third-order valence-electron chi connectivity index (χ3n) is 2.17. The summed E-state index contributed by atoms with van der Waals surface area (Å²) < 4.78 is 0. The second kappa shape index (κ2) is 5.92. The third-order valence-corrected chi connectivity index (χ3v) is 3.45. The van der Waals surface area contributed by atoms with E-state index in [4.69, 9.17) is 11.6 Å². The predicted molar refractivity (Wildman–Crippen MR) is 70.7 cm³/mol. The van der Waals surface area contributed by atoms with Crippen molar-refractivity contribution in [2.75, 3.05) is 0 Å². The van der Waals surface area contributed by atoms with Crippen LogP contribution in [-0.4, -0.2) is 4.98 Å². The van der Waals surface area contributed by atoms with Gasteiger partial charge in [-0.25, -0.2) is 4.98 Å². The first-order valence-corrected chi connectivity index (χ1v) is 6.60. The number of nitrogens with zero attached hydrogens (tertiary/aromatic N) is 1. The number of aromatic nitrogens is 1. The zero-order valence-electron chi connectivity index (χ0n) is 8.77. The van der Waals surface area contributed by atoms with Crippen molar-refractivity contribution >= 4 is 23.4 Å². The van der Waals surface area contributed by atoms with Crippen LogP contribution in [0.25, 0.3) is 0 Å². The number of hydrogen-bond donors (Lipinski definition) is 0. The number of benzene rings is 1. The van der Waals surface area contributed by atoms with E-state index in [1.807, 2.05) is 30.0 Å². The highest BCUT2D eigenvalue weighted by Gasteiger charge is 1.96. The normalized spacial score (nSPS) is 10.3. The molecular formula is C13H12ClNS. The summed E-state index contributed by atoms with van der Waals surface area (Å²) >= 11 is 7.70. The van der Waals surface area contributed by atoms with Crippen LogP contribution in [0.1, 0.15) is 11.1 Å². The molecule has 1 heterocycles. The van der Waals surface area contributed by atoms with E-state index in [2.05, 4.69) is 29.2 Å². The summed E-state index contributed by atoms with van der Waals surface area (Å²) in [5.41, 5.74) is 2.58. The monoisotopic (exact) mass is 249 g/mol. The zero-order valence-corrected chi connectivity index (χ0v) is 10.3. The molecule has 16 heavy (non-hydrogen) atoms. The maximum absolute atomic E-state index is 5.82. The highest BCUT2D eigenvalue weighted by molar-refractivity contribution is 7.97. The van der Waals surface area contributed by atoms with E-state index in [9.17, 15) is 0 Å². The van der Waals surface area contributed by atoms with Crippen molar-refractivity contribution in [1.82, 2.24) is 4.98 Å². The average Bonchev–Trinajstić information content (AvgIpc) is 2.30. The SMILES string of the molecule is Clc1cc(CSCc2ccccc2)ccn1. The lowest BCUT2D eigenvalue weighted by molar-refractivity contribution is 1.27. The van der Waals surface area contributed by atoms with Gasteiger partial charge in [-0.3, -0.25) is 0 Å². The number of rotatable bonds is 4. The van der Waals surface area contributed by atoms with Gasteiger partial charge in [0.15, 0.2) is 0 Å². The van der Waals surface area contributed by atoms with Crippen molar-refractivity contribution in [2.45, 2.75) is 11.5 Å². The first kappa shape index (κ1) is 11.5. The Balaban J connectivity index is 1.85. The highest BCUT2D eigenvalue weighted by atomic mass is 35.5. The molecule has 0 aliphatic carbocycles. The van der Waals surface area contributed by atoms with E-state index >= 15 is 0 Å². The maximum Gasteiger partial charge on any atom is 0.129 e. The fourth-order valence-electron chi connectivity index (χ4n) is 1.39. The average molecular weight is 250 g/mol. The lowest BCUT2D eigenvalue weighted by Gasteiger charge is -2.02. The van der Waals surface area contributed by atoms with Crippen molar-refractivity contribution in [3.8, 4) is 0 Å². The van der Waals surface area contributed by atoms with Gasteiger partial charge in [-0.05, 0) is 23.3 Å². The summed E-state index contributed by atoms with van der Waals surface area (Å²) in [5, 5.41) is 0.567. The Morgan fingerprint density at radius 1 is 1.00 bits per heavy atom. The van der Waals surface area contributed by atoms with Gasteiger partial charge in [-0.2, -0.15) is 11.8 Å². The van der Waals surface area contributed by atoms with Crippen LogP contribution in [0, 0.1) is 0 Å². The Morgan fingerprint density at radius 2 is 1.75 bits per heavy atom. The lowest BCUT2D eigenvalue weighted by atomic mass is 10.2. The molecule has 0 saturated heterocycles. The minimum Gasteiger partial charge on any atom is -0.245 e. The van der Waals surface area contributed by atoms with Crippen LogP contribution < -0.4 is 0 Å². The number of thioether (sulfide) groups is 1. The predicted octanol–water partition coefficient (Wildman–Crippen LogP) is 4.17. The van der Waals surface area contributed by atoms with Crippen molar-refractivity contribution in [3.05, 3.63) is 64.9 Å². The molecule has 0 N–H and O–H groups in total. The van der Waals surface area contributed by atoms with Gasteiger partial charge >= 0.3 is 0 Å². The molecule has 2 rings (SSSR count). The molecule has 0 bridgehead atoms. The topological polar surface area (TPSA) is 12.9 Å².